The summed E-state index contributed by atoms with van der Waals surface area (Å²) in [5.74, 6) is 2.04. The first-order valence-electron chi connectivity index (χ1n) is 25.5. The largest absolute Gasteiger partial charge is 0.550 e. The van der Waals surface area contributed by atoms with E-state index < -0.39 is 11.9 Å². The summed E-state index contributed by atoms with van der Waals surface area (Å²) >= 11 is 0. The molecular formula is C54H102Cl2N2O4. The van der Waals surface area contributed by atoms with Gasteiger partial charge in [0.05, 0.1) is 53.9 Å². The van der Waals surface area contributed by atoms with Crippen molar-refractivity contribution in [2.45, 2.75) is 217 Å². The third kappa shape index (κ3) is 13.4. The van der Waals surface area contributed by atoms with Gasteiger partial charge in [0.2, 0.25) is 0 Å². The Morgan fingerprint density at radius 3 is 1.61 bits per heavy atom. The summed E-state index contributed by atoms with van der Waals surface area (Å²) in [6.07, 6.45) is 31.6. The molecular weight excluding hydrogens is 812 g/mol. The van der Waals surface area contributed by atoms with Crippen molar-refractivity contribution in [2.24, 2.45) is 56.7 Å². The van der Waals surface area contributed by atoms with Crippen LogP contribution in [0.3, 0.4) is 0 Å². The van der Waals surface area contributed by atoms with E-state index in [-0.39, 0.29) is 24.8 Å². The standard InChI is InChI=1S/C50H94N2.2C2H4O2.2ClH/c1-14-16-18-20-22-24-36-51(10,11)38-50-33-28-40(39(3)4)45(50)41-26-27-43-47(7)31-30-44(52(12,13)37-25-23-21-19-17-15-2)46(5,6)42(47)29-32-49(43,9)48(41,8)34-35-50;2*1-2(3)4;;/h40-45H,3,14-38H2,1-2,4-13H3;2*1H3,(H,3,4);2*1H/q+2;;;;/p-2/t40-,41+,42-,43+,44?,45+,47-,48+,49+,50+;;;;/m0..../s1. The molecule has 5 aliphatic rings. The van der Waals surface area contributed by atoms with Crippen LogP contribution in [0.2, 0.25) is 0 Å². The van der Waals surface area contributed by atoms with E-state index in [0.717, 1.165) is 49.5 Å². The number of rotatable bonds is 18. The Bertz CT molecular complexity index is 1380. The third-order valence-corrected chi connectivity index (χ3v) is 19.0. The summed E-state index contributed by atoms with van der Waals surface area (Å²) in [4.78, 5) is 17.8. The Labute approximate surface area is 397 Å². The fourth-order valence-electron chi connectivity index (χ4n) is 16.5. The van der Waals surface area contributed by atoms with Gasteiger partial charge in [-0.05, 0) is 150 Å². The molecule has 0 saturated heterocycles. The molecule has 5 rings (SSSR count). The van der Waals surface area contributed by atoms with Gasteiger partial charge in [0.1, 0.15) is 0 Å². The fraction of sp³-hybridized carbons (Fsp3) is 0.926. The molecule has 5 saturated carbocycles. The summed E-state index contributed by atoms with van der Waals surface area (Å²) in [7, 11) is 10.4. The molecule has 0 aliphatic heterocycles. The van der Waals surface area contributed by atoms with E-state index in [9.17, 15) is 0 Å². The van der Waals surface area contributed by atoms with Crippen LogP contribution in [0.5, 0.6) is 0 Å². The second-order valence-corrected chi connectivity index (χ2v) is 24.3. The lowest BCUT2D eigenvalue weighted by atomic mass is 9.32. The van der Waals surface area contributed by atoms with E-state index in [4.69, 9.17) is 26.4 Å². The van der Waals surface area contributed by atoms with E-state index in [0.29, 0.717) is 27.1 Å². The highest BCUT2D eigenvalue weighted by Gasteiger charge is 2.72. The van der Waals surface area contributed by atoms with E-state index in [1.165, 1.54) is 175 Å². The number of carboxylic acids is 2. The summed E-state index contributed by atoms with van der Waals surface area (Å²) in [6, 6.07) is 0.792. The monoisotopic (exact) mass is 913 g/mol. The number of carboxylic acid groups (broad SMARTS) is 2. The number of carbonyl (C=O) groups excluding carboxylic acids is 2. The second-order valence-electron chi connectivity index (χ2n) is 24.3. The quantitative estimate of drug-likeness (QED) is 0.0779. The fourth-order valence-corrected chi connectivity index (χ4v) is 16.5. The molecule has 8 heteroatoms. The Morgan fingerprint density at radius 1 is 0.597 bits per heavy atom. The van der Waals surface area contributed by atoms with Crippen LogP contribution >= 0.6 is 24.8 Å². The van der Waals surface area contributed by atoms with Gasteiger partial charge in [0.25, 0.3) is 0 Å². The van der Waals surface area contributed by atoms with Gasteiger partial charge in [-0.1, -0.05) is 112 Å². The molecule has 6 nitrogen and oxygen atoms in total. The lowest BCUT2D eigenvalue weighted by Gasteiger charge is -2.73. The number of aliphatic carboxylic acids is 2. The Balaban J connectivity index is 0.00000177. The Morgan fingerprint density at radius 2 is 1.10 bits per heavy atom. The maximum atomic E-state index is 8.89. The first-order valence-corrected chi connectivity index (χ1v) is 25.5. The Kier molecular flexibility index (Phi) is 23.2. The minimum atomic E-state index is -1.08. The number of quaternary nitrogens is 2. The van der Waals surface area contributed by atoms with Gasteiger partial charge in [0, 0.05) is 29.2 Å². The molecule has 0 aromatic carbocycles. The molecule has 5 fully saturated rings. The van der Waals surface area contributed by atoms with E-state index in [1.807, 2.05) is 0 Å². The predicted octanol–water partition coefficient (Wildman–Crippen LogP) is 12.2. The molecule has 0 N–H and O–H groups in total. The molecule has 0 amide bonds. The molecule has 366 valence electrons. The number of hydrogen-bond acceptors (Lipinski definition) is 4. The van der Waals surface area contributed by atoms with Crippen molar-refractivity contribution >= 4 is 36.8 Å². The number of hydrogen-bond donors (Lipinski definition) is 0. The van der Waals surface area contributed by atoms with Crippen LogP contribution in [0.1, 0.15) is 210 Å². The van der Waals surface area contributed by atoms with Crippen molar-refractivity contribution in [3.63, 3.8) is 0 Å². The second kappa shape index (κ2) is 24.3. The van der Waals surface area contributed by atoms with E-state index in [2.05, 4.69) is 83.6 Å². The van der Waals surface area contributed by atoms with Crippen LogP contribution in [0.25, 0.3) is 0 Å². The number of allylic oxidation sites excluding steroid dienone is 1. The van der Waals surface area contributed by atoms with Gasteiger partial charge in [-0.2, -0.15) is 0 Å². The minimum Gasteiger partial charge on any atom is -0.550 e. The minimum absolute atomic E-state index is 0. The number of nitrogens with zero attached hydrogens (tertiary/aromatic N) is 2. The van der Waals surface area contributed by atoms with Crippen LogP contribution < -0.4 is 10.2 Å². The van der Waals surface area contributed by atoms with E-state index >= 15 is 0 Å². The zero-order valence-corrected chi connectivity index (χ0v) is 44.8. The first-order chi connectivity index (χ1) is 27.8. The van der Waals surface area contributed by atoms with Crippen LogP contribution in [-0.2, 0) is 9.59 Å². The van der Waals surface area contributed by atoms with Crippen molar-refractivity contribution in [1.82, 2.24) is 0 Å². The Hall–Kier alpha value is -0.820. The summed E-state index contributed by atoms with van der Waals surface area (Å²) in [6.45, 7) is 32.0. The SMILES string of the molecule is C=C(C)[C@@H]1CC[C@]2(C[N+](C)(C)CCCCCCCC)CC[C@]3(C)[C@H](CC[C@@H]4[C@@]5(C)CCC([N+](C)(C)CCCCCCCC)C(C)(C)[C@@H]5CC[C@]43C)[C@@H]12.CC(=O)[O-].CC(=O)[O-].Cl.Cl. The highest BCUT2D eigenvalue weighted by atomic mass is 35.5. The molecule has 0 spiro atoms. The lowest BCUT2D eigenvalue weighted by molar-refractivity contribution is -0.925. The number of unbranched alkanes of at least 4 members (excludes halogenated alkanes) is 10. The van der Waals surface area contributed by atoms with Crippen LogP contribution in [0.4, 0.5) is 0 Å². The highest BCUT2D eigenvalue weighted by molar-refractivity contribution is 5.85. The van der Waals surface area contributed by atoms with Crippen molar-refractivity contribution < 1.29 is 28.8 Å². The van der Waals surface area contributed by atoms with Crippen molar-refractivity contribution in [3.8, 4) is 0 Å². The third-order valence-electron chi connectivity index (χ3n) is 19.0. The number of fused-ring (bicyclic) bond motifs is 7. The lowest BCUT2D eigenvalue weighted by Crippen LogP contribution is -2.69. The van der Waals surface area contributed by atoms with Gasteiger partial charge in [-0.15, -0.1) is 24.8 Å². The van der Waals surface area contributed by atoms with Crippen LogP contribution in [0, 0.1) is 56.7 Å². The maximum absolute atomic E-state index is 8.89. The molecule has 0 bridgehead atoms. The zero-order chi connectivity index (χ0) is 45.4. The maximum Gasteiger partial charge on any atom is 0.0940 e. The molecule has 0 aromatic rings. The topological polar surface area (TPSA) is 80.3 Å². The molecule has 0 aromatic heterocycles. The molecule has 62 heavy (non-hydrogen) atoms. The van der Waals surface area contributed by atoms with Gasteiger partial charge >= 0.3 is 0 Å². The number of carbonyl (C=O) groups is 2. The van der Waals surface area contributed by atoms with Gasteiger partial charge in [-0.3, -0.25) is 0 Å². The average Bonchev–Trinajstić information content (AvgIpc) is 3.49. The van der Waals surface area contributed by atoms with Gasteiger partial charge in [0.15, 0.2) is 0 Å². The van der Waals surface area contributed by atoms with Crippen LogP contribution in [-0.4, -0.2) is 74.8 Å². The predicted molar refractivity (Wildman–Crippen MR) is 264 cm³/mol. The highest BCUT2D eigenvalue weighted by Crippen LogP contribution is 2.78. The molecule has 0 heterocycles. The first kappa shape index (κ1) is 59.2. The molecule has 1 unspecified atom stereocenters. The van der Waals surface area contributed by atoms with Gasteiger partial charge in [-0.25, -0.2) is 0 Å². The smallest absolute Gasteiger partial charge is 0.0940 e. The summed E-state index contributed by atoms with van der Waals surface area (Å²) < 4.78 is 2.48. The normalized spacial score (nSPS) is 34.4. The average molecular weight is 914 g/mol. The van der Waals surface area contributed by atoms with Crippen molar-refractivity contribution in [2.75, 3.05) is 47.8 Å². The summed E-state index contributed by atoms with van der Waals surface area (Å²) in [5.41, 5.74) is 3.83. The molecule has 0 radical (unpaired) electrons. The van der Waals surface area contributed by atoms with Crippen LogP contribution in [0.15, 0.2) is 12.2 Å². The zero-order valence-electron chi connectivity index (χ0n) is 43.2. The number of halogens is 2. The molecule has 10 atom stereocenters. The van der Waals surface area contributed by atoms with Crippen molar-refractivity contribution in [1.29, 1.82) is 0 Å². The van der Waals surface area contributed by atoms with Crippen molar-refractivity contribution in [3.05, 3.63) is 12.2 Å². The van der Waals surface area contributed by atoms with E-state index in [1.54, 1.807) is 0 Å². The van der Waals surface area contributed by atoms with Gasteiger partial charge < -0.3 is 28.8 Å². The summed E-state index contributed by atoms with van der Waals surface area (Å²) in [5, 5.41) is 17.8. The molecule has 5 aliphatic carbocycles.